The lowest BCUT2D eigenvalue weighted by Gasteiger charge is -2.34. The topological polar surface area (TPSA) is 46.4 Å². The Morgan fingerprint density at radius 2 is 2.26 bits per heavy atom. The van der Waals surface area contributed by atoms with Crippen molar-refractivity contribution in [2.24, 2.45) is 13.0 Å². The van der Waals surface area contributed by atoms with Crippen molar-refractivity contribution in [1.29, 1.82) is 0 Å². The number of piperidine rings is 1. The summed E-state index contributed by atoms with van der Waals surface area (Å²) in [4.78, 5) is 9.62. The third-order valence-corrected chi connectivity index (χ3v) is 5.87. The lowest BCUT2D eigenvalue weighted by atomic mass is 9.98. The van der Waals surface area contributed by atoms with Gasteiger partial charge in [-0.3, -0.25) is 0 Å². The number of aryl methyl sites for hydroxylation is 2. The highest BCUT2D eigenvalue weighted by atomic mass is 32.1. The number of likely N-dealkylation sites (tertiary alicyclic amines) is 1. The van der Waals surface area contributed by atoms with E-state index in [0.29, 0.717) is 5.92 Å². The Morgan fingerprint density at radius 3 is 3.00 bits per heavy atom. The second-order valence-corrected chi connectivity index (χ2v) is 7.52. The minimum atomic E-state index is 0.705. The maximum absolute atomic E-state index is 5.21. The van der Waals surface area contributed by atoms with Crippen LogP contribution in [0.15, 0.2) is 0 Å². The first-order valence-electron chi connectivity index (χ1n) is 8.31. The van der Waals surface area contributed by atoms with E-state index in [4.69, 9.17) is 9.72 Å². The van der Waals surface area contributed by atoms with E-state index in [-0.39, 0.29) is 0 Å². The van der Waals surface area contributed by atoms with Gasteiger partial charge in [-0.25, -0.2) is 9.67 Å². The van der Waals surface area contributed by atoms with Crippen molar-refractivity contribution in [3.8, 4) is 0 Å². The molecule has 2 aromatic heterocycles. The van der Waals surface area contributed by atoms with E-state index in [1.807, 2.05) is 11.7 Å². The van der Waals surface area contributed by atoms with Gasteiger partial charge in [0.05, 0.1) is 17.0 Å². The molecule has 1 atom stereocenters. The summed E-state index contributed by atoms with van der Waals surface area (Å²) in [6.07, 6.45) is 2.59. The fourth-order valence-electron chi connectivity index (χ4n) is 3.43. The van der Waals surface area contributed by atoms with Gasteiger partial charge in [0, 0.05) is 40.8 Å². The Bertz CT molecular complexity index is 618. The lowest BCUT2D eigenvalue weighted by molar-refractivity contribution is 0.116. The van der Waals surface area contributed by atoms with Crippen LogP contribution in [0, 0.1) is 12.8 Å². The van der Waals surface area contributed by atoms with Crippen LogP contribution < -0.4 is 4.90 Å². The molecule has 1 aliphatic rings. The number of hydrogen-bond donors (Lipinski definition) is 0. The average Bonchev–Trinajstić information content (AvgIpc) is 3.08. The SMILES string of the molecule is COCCN1CCC[C@@H](CN(C)c2nc3c(s2)c(C)nn3C)C1. The van der Waals surface area contributed by atoms with E-state index < -0.39 is 0 Å². The zero-order chi connectivity index (χ0) is 16.4. The van der Waals surface area contributed by atoms with Crippen LogP contribution in [0.2, 0.25) is 0 Å². The molecule has 0 saturated carbocycles. The average molecular weight is 337 g/mol. The first-order chi connectivity index (χ1) is 11.1. The molecule has 0 unspecified atom stereocenters. The van der Waals surface area contributed by atoms with Crippen molar-refractivity contribution in [2.75, 3.05) is 51.8 Å². The molecule has 0 spiro atoms. The van der Waals surface area contributed by atoms with Gasteiger partial charge in [-0.2, -0.15) is 5.10 Å². The smallest absolute Gasteiger partial charge is 0.187 e. The monoisotopic (exact) mass is 337 g/mol. The molecule has 7 heteroatoms. The summed E-state index contributed by atoms with van der Waals surface area (Å²) in [5.74, 6) is 0.705. The number of methoxy groups -OCH3 is 1. The normalized spacial score (nSPS) is 19.6. The van der Waals surface area contributed by atoms with E-state index in [1.165, 1.54) is 30.6 Å². The largest absolute Gasteiger partial charge is 0.383 e. The highest BCUT2D eigenvalue weighted by Crippen LogP contribution is 2.31. The maximum Gasteiger partial charge on any atom is 0.187 e. The van der Waals surface area contributed by atoms with Gasteiger partial charge in [-0.15, -0.1) is 0 Å². The second kappa shape index (κ2) is 7.15. The van der Waals surface area contributed by atoms with Crippen LogP contribution in [0.25, 0.3) is 10.3 Å². The van der Waals surface area contributed by atoms with Crippen molar-refractivity contribution in [3.05, 3.63) is 5.69 Å². The van der Waals surface area contributed by atoms with Crippen LogP contribution in [-0.4, -0.2) is 66.6 Å². The molecular weight excluding hydrogens is 310 g/mol. The minimum Gasteiger partial charge on any atom is -0.383 e. The number of rotatable bonds is 6. The molecule has 1 aliphatic heterocycles. The molecule has 0 radical (unpaired) electrons. The van der Waals surface area contributed by atoms with Crippen LogP contribution in [0.5, 0.6) is 0 Å². The molecule has 6 nitrogen and oxygen atoms in total. The highest BCUT2D eigenvalue weighted by molar-refractivity contribution is 7.22. The molecule has 23 heavy (non-hydrogen) atoms. The fourth-order valence-corrected chi connectivity index (χ4v) is 4.43. The standard InChI is InChI=1S/C16H27N5OS/c1-12-14-15(20(3)18-12)17-16(23-14)19(2)10-13-6-5-7-21(11-13)8-9-22-4/h13H,5-11H2,1-4H3/t13-/m0/s1. The number of anilines is 1. The Hall–Kier alpha value is -1.18. The number of ether oxygens (including phenoxy) is 1. The zero-order valence-electron chi connectivity index (χ0n) is 14.6. The molecule has 1 fully saturated rings. The summed E-state index contributed by atoms with van der Waals surface area (Å²) in [6, 6.07) is 0. The summed E-state index contributed by atoms with van der Waals surface area (Å²) >= 11 is 1.75. The van der Waals surface area contributed by atoms with Gasteiger partial charge in [-0.05, 0) is 32.2 Å². The van der Waals surface area contributed by atoms with E-state index in [1.54, 1.807) is 18.4 Å². The maximum atomic E-state index is 5.21. The van der Waals surface area contributed by atoms with Crippen LogP contribution >= 0.6 is 11.3 Å². The third-order valence-electron chi connectivity index (χ3n) is 4.61. The third kappa shape index (κ3) is 3.67. The Kier molecular flexibility index (Phi) is 5.18. The molecule has 3 rings (SSSR count). The van der Waals surface area contributed by atoms with Crippen molar-refractivity contribution < 1.29 is 4.74 Å². The number of nitrogens with zero attached hydrogens (tertiary/aromatic N) is 5. The van der Waals surface area contributed by atoms with Crippen LogP contribution in [0.1, 0.15) is 18.5 Å². The van der Waals surface area contributed by atoms with Gasteiger partial charge in [0.2, 0.25) is 0 Å². The first-order valence-corrected chi connectivity index (χ1v) is 9.12. The summed E-state index contributed by atoms with van der Waals surface area (Å²) < 4.78 is 8.30. The molecular formula is C16H27N5OS. The summed E-state index contributed by atoms with van der Waals surface area (Å²) in [7, 11) is 5.90. The number of hydrogen-bond acceptors (Lipinski definition) is 6. The van der Waals surface area contributed by atoms with Crippen LogP contribution in [0.3, 0.4) is 0 Å². The van der Waals surface area contributed by atoms with E-state index >= 15 is 0 Å². The molecule has 0 aromatic carbocycles. The Morgan fingerprint density at radius 1 is 1.43 bits per heavy atom. The molecule has 3 heterocycles. The Labute approximate surface area is 142 Å². The van der Waals surface area contributed by atoms with Gasteiger partial charge in [0.15, 0.2) is 10.8 Å². The number of thiazole rings is 1. The number of aromatic nitrogens is 3. The molecule has 2 aromatic rings. The van der Waals surface area contributed by atoms with E-state index in [9.17, 15) is 0 Å². The van der Waals surface area contributed by atoms with Crippen LogP contribution in [0.4, 0.5) is 5.13 Å². The highest BCUT2D eigenvalue weighted by Gasteiger charge is 2.22. The predicted molar refractivity (Wildman–Crippen MR) is 95.4 cm³/mol. The van der Waals surface area contributed by atoms with Crippen LogP contribution in [-0.2, 0) is 11.8 Å². The van der Waals surface area contributed by atoms with Gasteiger partial charge >= 0.3 is 0 Å². The van der Waals surface area contributed by atoms with Gasteiger partial charge in [-0.1, -0.05) is 11.3 Å². The lowest BCUT2D eigenvalue weighted by Crippen LogP contribution is -2.41. The molecule has 0 bridgehead atoms. The quantitative estimate of drug-likeness (QED) is 0.808. The molecule has 128 valence electrons. The van der Waals surface area contributed by atoms with E-state index in [0.717, 1.165) is 36.2 Å². The Balaban J connectivity index is 1.63. The van der Waals surface area contributed by atoms with E-state index in [2.05, 4.69) is 28.9 Å². The van der Waals surface area contributed by atoms with Crippen molar-refractivity contribution in [2.45, 2.75) is 19.8 Å². The summed E-state index contributed by atoms with van der Waals surface area (Å²) in [6.45, 7) is 7.36. The molecule has 0 aliphatic carbocycles. The van der Waals surface area contributed by atoms with Crippen molar-refractivity contribution >= 4 is 26.8 Å². The summed E-state index contributed by atoms with van der Waals surface area (Å²) in [5, 5.41) is 5.53. The fraction of sp³-hybridized carbons (Fsp3) is 0.750. The first kappa shape index (κ1) is 16.7. The minimum absolute atomic E-state index is 0.705. The molecule has 0 N–H and O–H groups in total. The molecule has 0 amide bonds. The predicted octanol–water partition coefficient (Wildman–Crippen LogP) is 2.13. The summed E-state index contributed by atoms with van der Waals surface area (Å²) in [5.41, 5.74) is 2.07. The molecule has 1 saturated heterocycles. The zero-order valence-corrected chi connectivity index (χ0v) is 15.4. The van der Waals surface area contributed by atoms with Crippen molar-refractivity contribution in [1.82, 2.24) is 19.7 Å². The number of fused-ring (bicyclic) bond motifs is 1. The van der Waals surface area contributed by atoms with Crippen molar-refractivity contribution in [3.63, 3.8) is 0 Å². The second-order valence-electron chi connectivity index (χ2n) is 6.54. The van der Waals surface area contributed by atoms with Gasteiger partial charge < -0.3 is 14.5 Å². The van der Waals surface area contributed by atoms with Gasteiger partial charge in [0.25, 0.3) is 0 Å². The van der Waals surface area contributed by atoms with Gasteiger partial charge in [0.1, 0.15) is 0 Å².